The van der Waals surface area contributed by atoms with Gasteiger partial charge in [0, 0.05) is 30.4 Å². The Labute approximate surface area is 179 Å². The average molecular weight is 415 g/mol. The topological polar surface area (TPSA) is 108 Å². The average Bonchev–Trinajstić information content (AvgIpc) is 3.20. The molecule has 156 valence electrons. The number of pyridine rings is 2. The largest absolute Gasteiger partial charge is 0.487 e. The molecule has 0 radical (unpaired) electrons. The van der Waals surface area contributed by atoms with Crippen molar-refractivity contribution in [3.63, 3.8) is 0 Å². The highest BCUT2D eigenvalue weighted by molar-refractivity contribution is 5.95. The van der Waals surface area contributed by atoms with Crippen LogP contribution in [-0.4, -0.2) is 48.3 Å². The van der Waals surface area contributed by atoms with E-state index in [2.05, 4.69) is 30.4 Å². The molecule has 0 saturated carbocycles. The molecule has 31 heavy (non-hydrogen) atoms. The number of rotatable bonds is 7. The first-order chi connectivity index (χ1) is 15.1. The SMILES string of the molecule is Cc1c(C(=O)NCC(C)Oc2cccnc2)cnn1-c1nccc(-c2cccnc2)n1. The van der Waals surface area contributed by atoms with Crippen LogP contribution in [0.1, 0.15) is 23.0 Å². The molecule has 0 fully saturated rings. The van der Waals surface area contributed by atoms with Crippen molar-refractivity contribution in [3.05, 3.63) is 78.8 Å². The molecule has 1 N–H and O–H groups in total. The molecule has 1 unspecified atom stereocenters. The Kier molecular flexibility index (Phi) is 5.93. The molecule has 0 spiro atoms. The number of carbonyl (C=O) groups excluding carboxylic acids is 1. The van der Waals surface area contributed by atoms with E-state index in [-0.39, 0.29) is 12.0 Å². The third-order valence-electron chi connectivity index (χ3n) is 4.57. The lowest BCUT2D eigenvalue weighted by atomic mass is 10.2. The van der Waals surface area contributed by atoms with Crippen LogP contribution in [0.3, 0.4) is 0 Å². The monoisotopic (exact) mass is 415 g/mol. The van der Waals surface area contributed by atoms with Crippen LogP contribution in [-0.2, 0) is 0 Å². The van der Waals surface area contributed by atoms with E-state index < -0.39 is 0 Å². The summed E-state index contributed by atoms with van der Waals surface area (Å²) in [6.07, 6.45) is 9.69. The van der Waals surface area contributed by atoms with Gasteiger partial charge in [0.1, 0.15) is 11.9 Å². The van der Waals surface area contributed by atoms with Gasteiger partial charge in [0.2, 0.25) is 0 Å². The van der Waals surface area contributed by atoms with Gasteiger partial charge in [0.05, 0.1) is 35.9 Å². The van der Waals surface area contributed by atoms with Crippen molar-refractivity contribution in [1.29, 1.82) is 0 Å². The predicted molar refractivity (Wildman–Crippen MR) is 114 cm³/mol. The Hall–Kier alpha value is -4.14. The number of aromatic nitrogens is 6. The van der Waals surface area contributed by atoms with Crippen LogP contribution in [0.15, 0.2) is 67.5 Å². The van der Waals surface area contributed by atoms with Crippen LogP contribution in [0, 0.1) is 6.92 Å². The number of hydrogen-bond acceptors (Lipinski definition) is 7. The Balaban J connectivity index is 1.45. The Morgan fingerprint density at radius 3 is 2.65 bits per heavy atom. The molecule has 0 aliphatic heterocycles. The van der Waals surface area contributed by atoms with E-state index in [1.807, 2.05) is 25.1 Å². The molecule has 0 aliphatic carbocycles. The van der Waals surface area contributed by atoms with Gasteiger partial charge in [-0.15, -0.1) is 0 Å². The zero-order valence-electron chi connectivity index (χ0n) is 17.1. The van der Waals surface area contributed by atoms with E-state index in [0.717, 1.165) is 11.3 Å². The molecule has 0 aliphatic rings. The van der Waals surface area contributed by atoms with Crippen molar-refractivity contribution in [3.8, 4) is 23.0 Å². The van der Waals surface area contributed by atoms with Crippen LogP contribution >= 0.6 is 0 Å². The van der Waals surface area contributed by atoms with Crippen molar-refractivity contribution in [2.75, 3.05) is 6.54 Å². The third-order valence-corrected chi connectivity index (χ3v) is 4.57. The summed E-state index contributed by atoms with van der Waals surface area (Å²) in [5, 5.41) is 7.19. The molecule has 1 atom stereocenters. The molecular weight excluding hydrogens is 394 g/mol. The van der Waals surface area contributed by atoms with Crippen LogP contribution in [0.2, 0.25) is 0 Å². The number of nitrogens with zero attached hydrogens (tertiary/aromatic N) is 6. The molecular formula is C22H21N7O2. The standard InChI is InChI=1S/C22H21N7O2/c1-15(31-18-6-4-9-24-13-18)11-26-21(30)19-14-27-29(16(19)2)22-25-10-7-20(28-22)17-5-3-8-23-12-17/h3-10,12-15H,11H2,1-2H3,(H,26,30). The number of nitrogens with one attached hydrogen (secondary N) is 1. The molecule has 9 heteroatoms. The van der Waals surface area contributed by atoms with Crippen molar-refractivity contribution in [1.82, 2.24) is 35.0 Å². The summed E-state index contributed by atoms with van der Waals surface area (Å²) >= 11 is 0. The maximum atomic E-state index is 12.7. The van der Waals surface area contributed by atoms with E-state index in [4.69, 9.17) is 4.74 Å². The summed E-state index contributed by atoms with van der Waals surface area (Å²) in [4.78, 5) is 29.7. The lowest BCUT2D eigenvalue weighted by molar-refractivity contribution is 0.0931. The molecule has 1 amide bonds. The van der Waals surface area contributed by atoms with Crippen molar-refractivity contribution in [2.45, 2.75) is 20.0 Å². The van der Waals surface area contributed by atoms with E-state index in [1.165, 1.54) is 6.20 Å². The molecule has 4 aromatic rings. The Morgan fingerprint density at radius 1 is 1.10 bits per heavy atom. The molecule has 0 saturated heterocycles. The quantitative estimate of drug-likeness (QED) is 0.494. The lowest BCUT2D eigenvalue weighted by Crippen LogP contribution is -2.33. The molecule has 0 aromatic carbocycles. The summed E-state index contributed by atoms with van der Waals surface area (Å²) in [5.41, 5.74) is 2.68. The predicted octanol–water partition coefficient (Wildman–Crippen LogP) is 2.63. The zero-order chi connectivity index (χ0) is 21.6. The summed E-state index contributed by atoms with van der Waals surface area (Å²) in [6, 6.07) is 9.18. The Bertz CT molecular complexity index is 1160. The fourth-order valence-electron chi connectivity index (χ4n) is 2.98. The van der Waals surface area contributed by atoms with Gasteiger partial charge >= 0.3 is 0 Å². The first-order valence-electron chi connectivity index (χ1n) is 9.75. The second-order valence-electron chi connectivity index (χ2n) is 6.87. The summed E-state index contributed by atoms with van der Waals surface area (Å²) < 4.78 is 7.28. The van der Waals surface area contributed by atoms with Crippen LogP contribution in [0.5, 0.6) is 5.75 Å². The molecule has 0 bridgehead atoms. The fourth-order valence-corrected chi connectivity index (χ4v) is 2.98. The normalized spacial score (nSPS) is 11.7. The first kappa shape index (κ1) is 20.1. The van der Waals surface area contributed by atoms with Gasteiger partial charge in [-0.3, -0.25) is 14.8 Å². The zero-order valence-corrected chi connectivity index (χ0v) is 17.1. The molecule has 4 rings (SSSR count). The smallest absolute Gasteiger partial charge is 0.254 e. The van der Waals surface area contributed by atoms with Gasteiger partial charge in [0.15, 0.2) is 0 Å². The van der Waals surface area contributed by atoms with Crippen molar-refractivity contribution in [2.24, 2.45) is 0 Å². The minimum atomic E-state index is -0.242. The van der Waals surface area contributed by atoms with Crippen molar-refractivity contribution < 1.29 is 9.53 Å². The second kappa shape index (κ2) is 9.12. The number of carbonyl (C=O) groups is 1. The first-order valence-corrected chi connectivity index (χ1v) is 9.75. The van der Waals surface area contributed by atoms with E-state index in [1.54, 1.807) is 54.7 Å². The van der Waals surface area contributed by atoms with Gasteiger partial charge < -0.3 is 10.1 Å². The molecule has 4 heterocycles. The highest BCUT2D eigenvalue weighted by Crippen LogP contribution is 2.17. The fraction of sp³-hybridized carbons (Fsp3) is 0.182. The number of hydrogen-bond donors (Lipinski definition) is 1. The summed E-state index contributed by atoms with van der Waals surface area (Å²) in [6.45, 7) is 4.02. The highest BCUT2D eigenvalue weighted by atomic mass is 16.5. The Morgan fingerprint density at radius 2 is 1.90 bits per heavy atom. The minimum absolute atomic E-state index is 0.219. The van der Waals surface area contributed by atoms with Crippen molar-refractivity contribution >= 4 is 5.91 Å². The maximum absolute atomic E-state index is 12.7. The van der Waals surface area contributed by atoms with E-state index in [9.17, 15) is 4.79 Å². The van der Waals surface area contributed by atoms with Gasteiger partial charge in [-0.25, -0.2) is 14.6 Å². The van der Waals surface area contributed by atoms with E-state index in [0.29, 0.717) is 29.5 Å². The minimum Gasteiger partial charge on any atom is -0.487 e. The summed E-state index contributed by atoms with van der Waals surface area (Å²) in [7, 11) is 0. The van der Waals surface area contributed by atoms with Gasteiger partial charge in [-0.1, -0.05) is 0 Å². The third kappa shape index (κ3) is 4.72. The second-order valence-corrected chi connectivity index (χ2v) is 6.87. The van der Waals surface area contributed by atoms with Crippen LogP contribution < -0.4 is 10.1 Å². The highest BCUT2D eigenvalue weighted by Gasteiger charge is 2.17. The van der Waals surface area contributed by atoms with Gasteiger partial charge in [0.25, 0.3) is 11.9 Å². The van der Waals surface area contributed by atoms with Gasteiger partial charge in [-0.05, 0) is 44.2 Å². The molecule has 9 nitrogen and oxygen atoms in total. The number of amides is 1. The maximum Gasteiger partial charge on any atom is 0.254 e. The number of ether oxygens (including phenoxy) is 1. The summed E-state index contributed by atoms with van der Waals surface area (Å²) in [5.74, 6) is 0.791. The van der Waals surface area contributed by atoms with Gasteiger partial charge in [-0.2, -0.15) is 5.10 Å². The van der Waals surface area contributed by atoms with Crippen LogP contribution in [0.4, 0.5) is 0 Å². The lowest BCUT2D eigenvalue weighted by Gasteiger charge is -2.15. The van der Waals surface area contributed by atoms with Crippen LogP contribution in [0.25, 0.3) is 17.2 Å². The van der Waals surface area contributed by atoms with E-state index >= 15 is 0 Å². The molecule has 4 aromatic heterocycles.